The molecule has 2 atom stereocenters. The number of nitrogens with zero attached hydrogens (tertiary/aromatic N) is 3. The molecule has 0 aromatic carbocycles. The summed E-state index contributed by atoms with van der Waals surface area (Å²) in [5, 5.41) is 13.6. The van der Waals surface area contributed by atoms with Crippen molar-refractivity contribution in [2.24, 2.45) is 13.0 Å². The molecule has 6 heteroatoms. The van der Waals surface area contributed by atoms with Gasteiger partial charge in [-0.3, -0.25) is 14.3 Å². The summed E-state index contributed by atoms with van der Waals surface area (Å²) < 4.78 is 1.71. The Kier molecular flexibility index (Phi) is 3.59. The Labute approximate surface area is 112 Å². The molecule has 2 unspecified atom stereocenters. The van der Waals surface area contributed by atoms with E-state index in [-0.39, 0.29) is 5.91 Å². The van der Waals surface area contributed by atoms with Gasteiger partial charge in [0, 0.05) is 31.3 Å². The van der Waals surface area contributed by atoms with Crippen molar-refractivity contribution in [3.05, 3.63) is 17.5 Å². The van der Waals surface area contributed by atoms with Gasteiger partial charge >= 0.3 is 5.97 Å². The Balaban J connectivity index is 2.47. The molecule has 0 bridgehead atoms. The average Bonchev–Trinajstić information content (AvgIpc) is 2.69. The van der Waals surface area contributed by atoms with Crippen molar-refractivity contribution in [1.82, 2.24) is 14.7 Å². The predicted octanol–water partition coefficient (Wildman–Crippen LogP) is 1.11. The summed E-state index contributed by atoms with van der Waals surface area (Å²) >= 11 is 0. The van der Waals surface area contributed by atoms with Gasteiger partial charge in [-0.25, -0.2) is 0 Å². The van der Waals surface area contributed by atoms with E-state index >= 15 is 0 Å². The van der Waals surface area contributed by atoms with Crippen LogP contribution in [0.3, 0.4) is 0 Å². The van der Waals surface area contributed by atoms with E-state index in [2.05, 4.69) is 5.10 Å². The molecule has 1 saturated heterocycles. The summed E-state index contributed by atoms with van der Waals surface area (Å²) in [6.07, 6.45) is 2.38. The number of piperidine rings is 1. The van der Waals surface area contributed by atoms with Crippen LogP contribution < -0.4 is 0 Å². The van der Waals surface area contributed by atoms with Gasteiger partial charge in [0.2, 0.25) is 5.91 Å². The molecular formula is C13H19N3O3. The Morgan fingerprint density at radius 3 is 2.74 bits per heavy atom. The number of rotatable bonds is 3. The van der Waals surface area contributed by atoms with Gasteiger partial charge < -0.3 is 10.0 Å². The molecule has 0 spiro atoms. The SMILES string of the molecule is CCN1C(=O)CCC(C(=O)O)C1c1cnn(C)c1C. The predicted molar refractivity (Wildman–Crippen MR) is 68.4 cm³/mol. The highest BCUT2D eigenvalue weighted by atomic mass is 16.4. The van der Waals surface area contributed by atoms with Gasteiger partial charge in [0.05, 0.1) is 18.2 Å². The minimum Gasteiger partial charge on any atom is -0.481 e. The molecule has 0 saturated carbocycles. The number of aryl methyl sites for hydroxylation is 1. The molecule has 1 aliphatic rings. The van der Waals surface area contributed by atoms with Crippen LogP contribution in [0.2, 0.25) is 0 Å². The highest BCUT2D eigenvalue weighted by molar-refractivity contribution is 5.81. The van der Waals surface area contributed by atoms with Crippen LogP contribution in [-0.2, 0) is 16.6 Å². The molecular weight excluding hydrogens is 246 g/mol. The Morgan fingerprint density at radius 2 is 2.26 bits per heavy atom. The van der Waals surface area contributed by atoms with Crippen LogP contribution in [0.5, 0.6) is 0 Å². The Morgan fingerprint density at radius 1 is 1.58 bits per heavy atom. The van der Waals surface area contributed by atoms with Crippen LogP contribution in [0.15, 0.2) is 6.20 Å². The topological polar surface area (TPSA) is 75.4 Å². The molecule has 6 nitrogen and oxygen atoms in total. The van der Waals surface area contributed by atoms with Gasteiger partial charge in [0.15, 0.2) is 0 Å². The van der Waals surface area contributed by atoms with Crippen molar-refractivity contribution in [1.29, 1.82) is 0 Å². The van der Waals surface area contributed by atoms with Crippen LogP contribution in [0.4, 0.5) is 0 Å². The van der Waals surface area contributed by atoms with E-state index in [1.165, 1.54) is 0 Å². The maximum atomic E-state index is 12.0. The molecule has 1 aromatic heterocycles. The lowest BCUT2D eigenvalue weighted by molar-refractivity contribution is -0.151. The second kappa shape index (κ2) is 5.03. The highest BCUT2D eigenvalue weighted by Gasteiger charge is 2.41. The third-order valence-electron chi connectivity index (χ3n) is 3.96. The summed E-state index contributed by atoms with van der Waals surface area (Å²) in [7, 11) is 1.82. The largest absolute Gasteiger partial charge is 0.481 e. The number of likely N-dealkylation sites (tertiary alicyclic amines) is 1. The van der Waals surface area contributed by atoms with Crippen LogP contribution in [0.1, 0.15) is 37.1 Å². The van der Waals surface area contributed by atoms with Crippen molar-refractivity contribution in [2.45, 2.75) is 32.7 Å². The summed E-state index contributed by atoms with van der Waals surface area (Å²) in [5.41, 5.74) is 1.74. The number of carbonyl (C=O) groups is 2. The van der Waals surface area contributed by atoms with Crippen LogP contribution in [-0.4, -0.2) is 38.2 Å². The van der Waals surface area contributed by atoms with Crippen molar-refractivity contribution in [3.63, 3.8) is 0 Å². The monoisotopic (exact) mass is 265 g/mol. The smallest absolute Gasteiger partial charge is 0.308 e. The molecule has 104 valence electrons. The first kappa shape index (κ1) is 13.6. The van der Waals surface area contributed by atoms with E-state index in [9.17, 15) is 14.7 Å². The lowest BCUT2D eigenvalue weighted by Gasteiger charge is -2.38. The molecule has 1 amide bonds. The van der Waals surface area contributed by atoms with E-state index in [0.717, 1.165) is 11.3 Å². The first-order chi connectivity index (χ1) is 8.97. The van der Waals surface area contributed by atoms with E-state index in [4.69, 9.17) is 0 Å². The minimum absolute atomic E-state index is 0.0215. The summed E-state index contributed by atoms with van der Waals surface area (Å²) in [6, 6.07) is -0.405. The fourth-order valence-corrected chi connectivity index (χ4v) is 2.78. The third kappa shape index (κ3) is 2.22. The number of hydrogen-bond donors (Lipinski definition) is 1. The second-order valence-corrected chi connectivity index (χ2v) is 4.92. The fraction of sp³-hybridized carbons (Fsp3) is 0.615. The van der Waals surface area contributed by atoms with E-state index in [1.54, 1.807) is 15.8 Å². The highest BCUT2D eigenvalue weighted by Crippen LogP contribution is 2.37. The normalized spacial score (nSPS) is 23.7. The average molecular weight is 265 g/mol. The molecule has 1 N–H and O–H groups in total. The van der Waals surface area contributed by atoms with Gasteiger partial charge in [-0.1, -0.05) is 0 Å². The minimum atomic E-state index is -0.848. The standard InChI is InChI=1S/C13H19N3O3/c1-4-16-11(17)6-5-9(13(18)19)12(16)10-7-14-15(3)8(10)2/h7,9,12H,4-6H2,1-3H3,(H,18,19). The molecule has 0 radical (unpaired) electrons. The van der Waals surface area contributed by atoms with Gasteiger partial charge in [0.1, 0.15) is 0 Å². The lowest BCUT2D eigenvalue weighted by atomic mass is 9.84. The van der Waals surface area contributed by atoms with Gasteiger partial charge in [0.25, 0.3) is 0 Å². The molecule has 1 aliphatic heterocycles. The third-order valence-corrected chi connectivity index (χ3v) is 3.96. The van der Waals surface area contributed by atoms with Crippen molar-refractivity contribution >= 4 is 11.9 Å². The Bertz CT molecular complexity index is 507. The molecule has 1 aromatic rings. The number of aliphatic carboxylic acids is 1. The molecule has 19 heavy (non-hydrogen) atoms. The molecule has 0 aliphatic carbocycles. The maximum Gasteiger partial charge on any atom is 0.308 e. The van der Waals surface area contributed by atoms with E-state index < -0.39 is 17.9 Å². The maximum absolute atomic E-state index is 12.0. The zero-order valence-electron chi connectivity index (χ0n) is 11.5. The summed E-state index contributed by atoms with van der Waals surface area (Å²) in [4.78, 5) is 25.1. The first-order valence-corrected chi connectivity index (χ1v) is 6.48. The first-order valence-electron chi connectivity index (χ1n) is 6.48. The number of carboxylic acids is 1. The second-order valence-electron chi connectivity index (χ2n) is 4.92. The van der Waals surface area contributed by atoms with Gasteiger partial charge in [-0.2, -0.15) is 5.10 Å². The number of carbonyl (C=O) groups excluding carboxylic acids is 1. The van der Waals surface area contributed by atoms with Crippen LogP contribution >= 0.6 is 0 Å². The summed E-state index contributed by atoms with van der Waals surface area (Å²) in [5.74, 6) is -1.38. The number of aromatic nitrogens is 2. The number of amides is 1. The quantitative estimate of drug-likeness (QED) is 0.888. The van der Waals surface area contributed by atoms with Crippen molar-refractivity contribution in [2.75, 3.05) is 6.54 Å². The number of carboxylic acid groups (broad SMARTS) is 1. The lowest BCUT2D eigenvalue weighted by Crippen LogP contribution is -2.45. The molecule has 1 fully saturated rings. The number of hydrogen-bond acceptors (Lipinski definition) is 3. The zero-order valence-corrected chi connectivity index (χ0v) is 11.5. The van der Waals surface area contributed by atoms with E-state index in [1.807, 2.05) is 20.9 Å². The molecule has 2 rings (SSSR count). The van der Waals surface area contributed by atoms with Crippen LogP contribution in [0, 0.1) is 12.8 Å². The Hall–Kier alpha value is -1.85. The zero-order chi connectivity index (χ0) is 14.2. The summed E-state index contributed by atoms with van der Waals surface area (Å²) in [6.45, 7) is 4.29. The van der Waals surface area contributed by atoms with Gasteiger partial charge in [-0.15, -0.1) is 0 Å². The van der Waals surface area contributed by atoms with Crippen LogP contribution in [0.25, 0.3) is 0 Å². The fourth-order valence-electron chi connectivity index (χ4n) is 2.78. The van der Waals surface area contributed by atoms with E-state index in [0.29, 0.717) is 19.4 Å². The molecule has 2 heterocycles. The van der Waals surface area contributed by atoms with Gasteiger partial charge in [-0.05, 0) is 20.3 Å². The van der Waals surface area contributed by atoms with Crippen molar-refractivity contribution in [3.8, 4) is 0 Å². The van der Waals surface area contributed by atoms with Crippen molar-refractivity contribution < 1.29 is 14.7 Å².